The van der Waals surface area contributed by atoms with E-state index in [1.165, 1.54) is 83.5 Å². The van der Waals surface area contributed by atoms with Crippen LogP contribution in [0, 0.1) is 5.41 Å². The molecule has 1 aliphatic rings. The summed E-state index contributed by atoms with van der Waals surface area (Å²) in [5.74, 6) is -0.00455. The lowest BCUT2D eigenvalue weighted by atomic mass is 9.83. The molecule has 1 saturated heterocycles. The molecule has 0 radical (unpaired) electrons. The number of carbonyl (C=O) groups is 1. The van der Waals surface area contributed by atoms with Crippen molar-refractivity contribution < 1.29 is 14.3 Å². The van der Waals surface area contributed by atoms with Gasteiger partial charge in [-0.2, -0.15) is 0 Å². The number of esters is 1. The zero-order valence-electron chi connectivity index (χ0n) is 20.8. The quantitative estimate of drug-likeness (QED) is 0.105. The third kappa shape index (κ3) is 13.7. The van der Waals surface area contributed by atoms with E-state index in [-0.39, 0.29) is 11.4 Å². The Kier molecular flexibility index (Phi) is 15.6. The Labute approximate surface area is 188 Å². The average Bonchev–Trinajstić information content (AvgIpc) is 3.50. The molecule has 0 N–H and O–H groups in total. The Bertz CT molecular complexity index is 422. The van der Waals surface area contributed by atoms with Crippen LogP contribution in [0.1, 0.15) is 143 Å². The lowest BCUT2D eigenvalue weighted by Gasteiger charge is -2.27. The number of unbranched alkanes of at least 4 members (excludes halogenated alkanes) is 10. The summed E-state index contributed by atoms with van der Waals surface area (Å²) in [6.07, 6.45) is 23.0. The molecule has 1 aliphatic heterocycles. The molecule has 1 heterocycles. The van der Waals surface area contributed by atoms with Crippen LogP contribution in [0.3, 0.4) is 0 Å². The maximum atomic E-state index is 12.0. The van der Waals surface area contributed by atoms with Crippen LogP contribution in [0.15, 0.2) is 0 Å². The maximum Gasteiger partial charge on any atom is 0.305 e. The van der Waals surface area contributed by atoms with Gasteiger partial charge in [-0.25, -0.2) is 0 Å². The molecule has 0 saturated carbocycles. The maximum absolute atomic E-state index is 12.0. The first-order chi connectivity index (χ1) is 14.5. The minimum absolute atomic E-state index is 0.00455. The van der Waals surface area contributed by atoms with Crippen molar-refractivity contribution in [2.24, 2.45) is 5.41 Å². The summed E-state index contributed by atoms with van der Waals surface area (Å²) in [5.41, 5.74) is 0.156. The second-order valence-corrected chi connectivity index (χ2v) is 10.0. The predicted molar refractivity (Wildman–Crippen MR) is 128 cm³/mol. The molecule has 0 spiro atoms. The summed E-state index contributed by atoms with van der Waals surface area (Å²) in [6, 6.07) is 0. The van der Waals surface area contributed by atoms with Crippen molar-refractivity contribution in [1.29, 1.82) is 0 Å². The fourth-order valence-corrected chi connectivity index (χ4v) is 4.24. The molecule has 3 unspecified atom stereocenters. The van der Waals surface area contributed by atoms with Gasteiger partial charge in [-0.05, 0) is 32.1 Å². The molecule has 3 nitrogen and oxygen atoms in total. The van der Waals surface area contributed by atoms with E-state index in [2.05, 4.69) is 27.7 Å². The average molecular weight is 425 g/mol. The van der Waals surface area contributed by atoms with E-state index >= 15 is 0 Å². The fraction of sp³-hybridized carbons (Fsp3) is 0.963. The smallest absolute Gasteiger partial charge is 0.305 e. The summed E-state index contributed by atoms with van der Waals surface area (Å²) >= 11 is 0. The van der Waals surface area contributed by atoms with Crippen molar-refractivity contribution in [3.8, 4) is 0 Å². The number of rotatable bonds is 21. The number of ether oxygens (including phenoxy) is 2. The first-order valence-corrected chi connectivity index (χ1v) is 13.4. The van der Waals surface area contributed by atoms with Crippen molar-refractivity contribution in [3.63, 3.8) is 0 Å². The lowest BCUT2D eigenvalue weighted by Crippen LogP contribution is -2.24. The summed E-state index contributed by atoms with van der Waals surface area (Å²) < 4.78 is 11.4. The van der Waals surface area contributed by atoms with Gasteiger partial charge in [-0.1, -0.05) is 105 Å². The van der Waals surface area contributed by atoms with Gasteiger partial charge < -0.3 is 9.47 Å². The number of hydrogen-bond acceptors (Lipinski definition) is 3. The van der Waals surface area contributed by atoms with E-state index < -0.39 is 0 Å². The molecule has 30 heavy (non-hydrogen) atoms. The Morgan fingerprint density at radius 3 is 1.87 bits per heavy atom. The molecule has 1 fully saturated rings. The van der Waals surface area contributed by atoms with Crippen LogP contribution in [-0.2, 0) is 14.3 Å². The molecular formula is C27H52O3. The van der Waals surface area contributed by atoms with Gasteiger partial charge in [0.05, 0.1) is 18.8 Å². The first kappa shape index (κ1) is 27.5. The van der Waals surface area contributed by atoms with Crippen molar-refractivity contribution in [3.05, 3.63) is 0 Å². The van der Waals surface area contributed by atoms with Crippen LogP contribution in [0.25, 0.3) is 0 Å². The first-order valence-electron chi connectivity index (χ1n) is 13.4. The van der Waals surface area contributed by atoms with Gasteiger partial charge in [0, 0.05) is 11.8 Å². The van der Waals surface area contributed by atoms with E-state index in [0.29, 0.717) is 25.2 Å². The summed E-state index contributed by atoms with van der Waals surface area (Å²) in [5, 5.41) is 0. The highest BCUT2D eigenvalue weighted by Crippen LogP contribution is 2.32. The molecule has 0 aromatic rings. The zero-order chi connectivity index (χ0) is 22.1. The van der Waals surface area contributed by atoms with Crippen LogP contribution < -0.4 is 0 Å². The minimum Gasteiger partial charge on any atom is -0.465 e. The molecule has 0 aromatic carbocycles. The predicted octanol–water partition coefficient (Wildman–Crippen LogP) is 8.38. The number of carbonyl (C=O) groups excluding carboxylic acids is 1. The fourth-order valence-electron chi connectivity index (χ4n) is 4.24. The van der Waals surface area contributed by atoms with Gasteiger partial charge in [0.2, 0.25) is 0 Å². The van der Waals surface area contributed by atoms with E-state index in [9.17, 15) is 4.79 Å². The number of hydrogen-bond donors (Lipinski definition) is 0. The van der Waals surface area contributed by atoms with Crippen molar-refractivity contribution in [1.82, 2.24) is 0 Å². The third-order valence-electron chi connectivity index (χ3n) is 6.97. The van der Waals surface area contributed by atoms with Gasteiger partial charge in [0.1, 0.15) is 0 Å². The highest BCUT2D eigenvalue weighted by Gasteiger charge is 2.36. The standard InChI is InChI=1S/C27H52O3/c1-5-8-10-11-13-16-19-24-25(30-24)20-17-14-12-15-18-21-26(28)29-23-27(4,7-3)22-9-6-2/h24-25H,5-23H2,1-4H3. The Morgan fingerprint density at radius 1 is 0.767 bits per heavy atom. The minimum atomic E-state index is -0.00455. The Morgan fingerprint density at radius 2 is 1.30 bits per heavy atom. The van der Waals surface area contributed by atoms with Gasteiger partial charge >= 0.3 is 5.97 Å². The van der Waals surface area contributed by atoms with Gasteiger partial charge in [0.25, 0.3) is 0 Å². The van der Waals surface area contributed by atoms with Crippen LogP contribution in [0.4, 0.5) is 0 Å². The lowest BCUT2D eigenvalue weighted by molar-refractivity contribution is -0.147. The second kappa shape index (κ2) is 17.0. The van der Waals surface area contributed by atoms with Crippen molar-refractivity contribution in [2.45, 2.75) is 155 Å². The van der Waals surface area contributed by atoms with Gasteiger partial charge in [-0.15, -0.1) is 0 Å². The van der Waals surface area contributed by atoms with Crippen molar-refractivity contribution >= 4 is 5.97 Å². The molecule has 0 bridgehead atoms. The van der Waals surface area contributed by atoms with E-state index in [0.717, 1.165) is 25.7 Å². The topological polar surface area (TPSA) is 38.8 Å². The van der Waals surface area contributed by atoms with Gasteiger partial charge in [-0.3, -0.25) is 4.79 Å². The van der Waals surface area contributed by atoms with Crippen LogP contribution >= 0.6 is 0 Å². The summed E-state index contributed by atoms with van der Waals surface area (Å²) in [7, 11) is 0. The largest absolute Gasteiger partial charge is 0.465 e. The molecule has 3 heteroatoms. The summed E-state index contributed by atoms with van der Waals surface area (Å²) in [6.45, 7) is 9.53. The monoisotopic (exact) mass is 424 g/mol. The van der Waals surface area contributed by atoms with E-state index in [4.69, 9.17) is 9.47 Å². The SMILES string of the molecule is CCCCCCCCC1OC1CCCCCCCC(=O)OCC(C)(CC)CCCC. The third-order valence-corrected chi connectivity index (χ3v) is 6.97. The van der Waals surface area contributed by atoms with Crippen molar-refractivity contribution in [2.75, 3.05) is 6.61 Å². The molecule has 1 rings (SSSR count). The molecule has 0 aliphatic carbocycles. The van der Waals surface area contributed by atoms with Crippen LogP contribution in [0.5, 0.6) is 0 Å². The van der Waals surface area contributed by atoms with E-state index in [1.807, 2.05) is 0 Å². The molecule has 0 aromatic heterocycles. The zero-order valence-corrected chi connectivity index (χ0v) is 20.8. The van der Waals surface area contributed by atoms with Crippen LogP contribution in [-0.4, -0.2) is 24.8 Å². The highest BCUT2D eigenvalue weighted by atomic mass is 16.6. The van der Waals surface area contributed by atoms with Crippen LogP contribution in [0.2, 0.25) is 0 Å². The van der Waals surface area contributed by atoms with Gasteiger partial charge in [0.15, 0.2) is 0 Å². The summed E-state index contributed by atoms with van der Waals surface area (Å²) in [4.78, 5) is 12.0. The highest BCUT2D eigenvalue weighted by molar-refractivity contribution is 5.69. The molecular weight excluding hydrogens is 372 g/mol. The van der Waals surface area contributed by atoms with E-state index in [1.54, 1.807) is 0 Å². The molecule has 178 valence electrons. The molecule has 0 amide bonds. The normalized spacial score (nSPS) is 20.1. The number of epoxide rings is 1. The molecule has 3 atom stereocenters. The second-order valence-electron chi connectivity index (χ2n) is 10.0. The Hall–Kier alpha value is -0.570. The Balaban J connectivity index is 1.89.